The SMILES string of the molecule is O=C(CCC(=O)N1CCOc2ccccc21)Nc1ncc(Cc2ccc(F)cc2)s1. The Morgan fingerprint density at radius 2 is 1.93 bits per heavy atom. The van der Waals surface area contributed by atoms with Crippen molar-refractivity contribution >= 4 is 34.0 Å². The number of carbonyl (C=O) groups excluding carboxylic acids is 2. The van der Waals surface area contributed by atoms with Gasteiger partial charge in [0.05, 0.1) is 12.2 Å². The van der Waals surface area contributed by atoms with Crippen molar-refractivity contribution in [3.05, 3.63) is 71.0 Å². The van der Waals surface area contributed by atoms with Gasteiger partial charge in [0.25, 0.3) is 0 Å². The standard InChI is InChI=1S/C22H20FN3O3S/c23-16-7-5-15(6-8-16)13-17-14-24-22(30-17)25-20(27)9-10-21(28)26-11-12-29-19-4-2-1-3-18(19)26/h1-8,14H,9-13H2,(H,24,25,27). The van der Waals surface area contributed by atoms with Gasteiger partial charge in [-0.1, -0.05) is 24.3 Å². The number of nitrogens with one attached hydrogen (secondary N) is 1. The van der Waals surface area contributed by atoms with Gasteiger partial charge in [0.2, 0.25) is 11.8 Å². The molecule has 0 saturated carbocycles. The van der Waals surface area contributed by atoms with E-state index in [-0.39, 0.29) is 30.5 Å². The lowest BCUT2D eigenvalue weighted by Crippen LogP contribution is -2.38. The largest absolute Gasteiger partial charge is 0.490 e. The van der Waals surface area contributed by atoms with Gasteiger partial charge in [-0.05, 0) is 29.8 Å². The van der Waals surface area contributed by atoms with Crippen molar-refractivity contribution in [1.82, 2.24) is 4.98 Å². The van der Waals surface area contributed by atoms with Gasteiger partial charge in [-0.25, -0.2) is 9.37 Å². The zero-order valence-corrected chi connectivity index (χ0v) is 17.0. The molecule has 0 unspecified atom stereocenters. The summed E-state index contributed by atoms with van der Waals surface area (Å²) < 4.78 is 18.6. The summed E-state index contributed by atoms with van der Waals surface area (Å²) in [4.78, 5) is 31.7. The molecule has 4 rings (SSSR count). The number of benzene rings is 2. The lowest BCUT2D eigenvalue weighted by molar-refractivity contribution is -0.122. The van der Waals surface area contributed by atoms with Crippen LogP contribution in [0, 0.1) is 5.82 Å². The number of hydrogen-bond acceptors (Lipinski definition) is 5. The molecule has 0 spiro atoms. The second kappa shape index (κ2) is 9.04. The smallest absolute Gasteiger partial charge is 0.227 e. The third-order valence-corrected chi connectivity index (χ3v) is 5.60. The summed E-state index contributed by atoms with van der Waals surface area (Å²) in [6, 6.07) is 13.7. The first-order valence-corrected chi connectivity index (χ1v) is 10.4. The number of fused-ring (bicyclic) bond motifs is 1. The molecule has 1 aliphatic heterocycles. The average molecular weight is 425 g/mol. The topological polar surface area (TPSA) is 71.5 Å². The van der Waals surface area contributed by atoms with Crippen molar-refractivity contribution in [2.45, 2.75) is 19.3 Å². The van der Waals surface area contributed by atoms with Crippen molar-refractivity contribution in [2.75, 3.05) is 23.4 Å². The zero-order chi connectivity index (χ0) is 20.9. The second-order valence-corrected chi connectivity index (χ2v) is 7.96. The minimum absolute atomic E-state index is 0.0746. The summed E-state index contributed by atoms with van der Waals surface area (Å²) in [7, 11) is 0. The Hall–Kier alpha value is -3.26. The minimum atomic E-state index is -0.272. The maximum atomic E-state index is 13.0. The van der Waals surface area contributed by atoms with Crippen LogP contribution in [0.3, 0.4) is 0 Å². The van der Waals surface area contributed by atoms with E-state index < -0.39 is 0 Å². The van der Waals surface area contributed by atoms with Gasteiger partial charge in [0, 0.05) is 30.3 Å². The molecule has 0 aliphatic carbocycles. The second-order valence-electron chi connectivity index (χ2n) is 6.84. The maximum absolute atomic E-state index is 13.0. The van der Waals surface area contributed by atoms with Crippen LogP contribution in [0.25, 0.3) is 0 Å². The quantitative estimate of drug-likeness (QED) is 0.648. The highest BCUT2D eigenvalue weighted by molar-refractivity contribution is 7.15. The van der Waals surface area contributed by atoms with Crippen molar-refractivity contribution in [1.29, 1.82) is 0 Å². The molecule has 2 amide bonds. The first-order valence-electron chi connectivity index (χ1n) is 9.60. The number of halogens is 1. The zero-order valence-electron chi connectivity index (χ0n) is 16.1. The molecule has 6 nitrogen and oxygen atoms in total. The molecule has 0 fully saturated rings. The van der Waals surface area contributed by atoms with Gasteiger partial charge in [-0.2, -0.15) is 0 Å². The fourth-order valence-electron chi connectivity index (χ4n) is 3.22. The number of thiazole rings is 1. The predicted molar refractivity (Wildman–Crippen MR) is 113 cm³/mol. The molecule has 0 radical (unpaired) electrons. The molecule has 8 heteroatoms. The van der Waals surface area contributed by atoms with Crippen LogP contribution in [0.2, 0.25) is 0 Å². The van der Waals surface area contributed by atoms with E-state index in [0.29, 0.717) is 30.5 Å². The number of aromatic nitrogens is 1. The van der Waals surface area contributed by atoms with Gasteiger partial charge < -0.3 is 15.0 Å². The van der Waals surface area contributed by atoms with Crippen LogP contribution in [0.1, 0.15) is 23.3 Å². The maximum Gasteiger partial charge on any atom is 0.227 e. The fraction of sp³-hybridized carbons (Fsp3) is 0.227. The van der Waals surface area contributed by atoms with Gasteiger partial charge in [-0.15, -0.1) is 11.3 Å². The number of para-hydroxylation sites is 2. The summed E-state index contributed by atoms with van der Waals surface area (Å²) in [5.41, 5.74) is 1.70. The van der Waals surface area contributed by atoms with Crippen LogP contribution in [-0.4, -0.2) is 29.9 Å². The minimum Gasteiger partial charge on any atom is -0.490 e. The van der Waals surface area contributed by atoms with Gasteiger partial charge in [0.1, 0.15) is 18.2 Å². The van der Waals surface area contributed by atoms with Crippen LogP contribution in [0.15, 0.2) is 54.7 Å². The monoisotopic (exact) mass is 425 g/mol. The third-order valence-electron chi connectivity index (χ3n) is 4.69. The van der Waals surface area contributed by atoms with E-state index in [0.717, 1.165) is 16.1 Å². The van der Waals surface area contributed by atoms with Crippen LogP contribution in [-0.2, 0) is 16.0 Å². The lowest BCUT2D eigenvalue weighted by atomic mass is 10.1. The highest BCUT2D eigenvalue weighted by Crippen LogP contribution is 2.31. The van der Waals surface area contributed by atoms with Crippen molar-refractivity contribution < 1.29 is 18.7 Å². The molecule has 30 heavy (non-hydrogen) atoms. The Bertz CT molecular complexity index is 1050. The van der Waals surface area contributed by atoms with Gasteiger partial charge in [0.15, 0.2) is 5.13 Å². The van der Waals surface area contributed by atoms with Crippen LogP contribution in [0.4, 0.5) is 15.2 Å². The molecule has 0 saturated heterocycles. The molecular formula is C22H20FN3O3S. The van der Waals surface area contributed by atoms with E-state index in [1.165, 1.54) is 23.5 Å². The molecule has 1 N–H and O–H groups in total. The number of amides is 2. The molecule has 1 aromatic heterocycles. The third kappa shape index (κ3) is 4.83. The first kappa shape index (κ1) is 20.0. The van der Waals surface area contributed by atoms with Gasteiger partial charge >= 0.3 is 0 Å². The molecule has 2 heterocycles. The molecule has 0 atom stereocenters. The number of nitrogens with zero attached hydrogens (tertiary/aromatic N) is 2. The van der Waals surface area contributed by atoms with Crippen LogP contribution < -0.4 is 15.0 Å². The van der Waals surface area contributed by atoms with E-state index in [1.54, 1.807) is 23.2 Å². The van der Waals surface area contributed by atoms with E-state index in [2.05, 4.69) is 10.3 Å². The number of carbonyl (C=O) groups is 2. The number of ether oxygens (including phenoxy) is 1. The molecular weight excluding hydrogens is 405 g/mol. The number of anilines is 2. The predicted octanol–water partition coefficient (Wildman–Crippen LogP) is 4.02. The summed E-state index contributed by atoms with van der Waals surface area (Å²) in [6.45, 7) is 0.904. The molecule has 2 aromatic carbocycles. The number of rotatable bonds is 6. The highest BCUT2D eigenvalue weighted by Gasteiger charge is 2.23. The van der Waals surface area contributed by atoms with E-state index >= 15 is 0 Å². The Morgan fingerprint density at radius 3 is 2.77 bits per heavy atom. The summed E-state index contributed by atoms with van der Waals surface area (Å²) in [5.74, 6) is 0.0359. The molecule has 0 bridgehead atoms. The molecule has 3 aromatic rings. The van der Waals surface area contributed by atoms with Gasteiger partial charge in [-0.3, -0.25) is 9.59 Å². The van der Waals surface area contributed by atoms with E-state index in [4.69, 9.17) is 4.74 Å². The first-order chi connectivity index (χ1) is 14.6. The molecule has 1 aliphatic rings. The Balaban J connectivity index is 1.29. The Labute approximate surface area is 177 Å². The van der Waals surface area contributed by atoms with Crippen molar-refractivity contribution in [3.63, 3.8) is 0 Å². The Morgan fingerprint density at radius 1 is 1.13 bits per heavy atom. The van der Waals surface area contributed by atoms with Crippen LogP contribution in [0.5, 0.6) is 5.75 Å². The summed E-state index contributed by atoms with van der Waals surface area (Å²) >= 11 is 1.36. The van der Waals surface area contributed by atoms with E-state index in [9.17, 15) is 14.0 Å². The average Bonchev–Trinajstić information content (AvgIpc) is 3.20. The normalized spacial score (nSPS) is 12.8. The van der Waals surface area contributed by atoms with Crippen molar-refractivity contribution in [3.8, 4) is 5.75 Å². The van der Waals surface area contributed by atoms with Crippen LogP contribution >= 0.6 is 11.3 Å². The van der Waals surface area contributed by atoms with Crippen molar-refractivity contribution in [2.24, 2.45) is 0 Å². The summed E-state index contributed by atoms with van der Waals surface area (Å²) in [6.07, 6.45) is 2.49. The summed E-state index contributed by atoms with van der Waals surface area (Å²) in [5, 5.41) is 3.23. The Kier molecular flexibility index (Phi) is 6.04. The molecule has 154 valence electrons. The highest BCUT2D eigenvalue weighted by atomic mass is 32.1. The fourth-order valence-corrected chi connectivity index (χ4v) is 4.08. The lowest BCUT2D eigenvalue weighted by Gasteiger charge is -2.29. The van der Waals surface area contributed by atoms with E-state index in [1.807, 2.05) is 24.3 Å². The number of hydrogen-bond donors (Lipinski definition) is 1.